The summed E-state index contributed by atoms with van der Waals surface area (Å²) in [6.45, 7) is 5.32. The Kier molecular flexibility index (Phi) is 6.57. The maximum absolute atomic E-state index is 13.9. The number of nitrogens with zero attached hydrogens (tertiary/aromatic N) is 5. The van der Waals surface area contributed by atoms with Crippen molar-refractivity contribution in [2.75, 3.05) is 20.2 Å². The van der Waals surface area contributed by atoms with Gasteiger partial charge in [0.15, 0.2) is 5.03 Å². The van der Waals surface area contributed by atoms with Crippen molar-refractivity contribution in [2.24, 2.45) is 5.92 Å². The molecule has 3 unspecified atom stereocenters. The molecule has 8 nitrogen and oxygen atoms in total. The van der Waals surface area contributed by atoms with Gasteiger partial charge in [-0.2, -0.15) is 14.5 Å². The first-order chi connectivity index (χ1) is 20.7. The average molecular weight is 600 g/mol. The van der Waals surface area contributed by atoms with Crippen LogP contribution in [0.15, 0.2) is 90.2 Å². The summed E-state index contributed by atoms with van der Waals surface area (Å²) in [7, 11) is -2.04. The molecule has 3 heterocycles. The second-order valence-corrected chi connectivity index (χ2v) is 13.7. The van der Waals surface area contributed by atoms with Crippen molar-refractivity contribution in [3.05, 3.63) is 108 Å². The minimum absolute atomic E-state index is 0.0129. The monoisotopic (exact) mass is 599 g/mol. The molecular weight excluding hydrogens is 565 g/mol. The first-order valence-electron chi connectivity index (χ1n) is 14.6. The number of hydrogen-bond acceptors (Lipinski definition) is 5. The van der Waals surface area contributed by atoms with E-state index in [0.717, 1.165) is 33.3 Å². The summed E-state index contributed by atoms with van der Waals surface area (Å²) in [6.07, 6.45) is 4.86. The van der Waals surface area contributed by atoms with E-state index in [2.05, 4.69) is 41.4 Å². The molecule has 2 aromatic heterocycles. The predicted octanol–water partition coefficient (Wildman–Crippen LogP) is 5.58. The van der Waals surface area contributed by atoms with Gasteiger partial charge in [-0.15, -0.1) is 0 Å². The van der Waals surface area contributed by atoms with Gasteiger partial charge in [-0.3, -0.25) is 4.68 Å². The Bertz CT molecular complexity index is 1920. The highest BCUT2D eigenvalue weighted by Crippen LogP contribution is 2.60. The molecule has 0 amide bonds. The van der Waals surface area contributed by atoms with Crippen LogP contribution in [0.4, 0.5) is 4.39 Å². The number of ether oxygens (including phenoxy) is 1. The van der Waals surface area contributed by atoms with Crippen LogP contribution in [0.25, 0.3) is 16.6 Å². The Hall–Kier alpha value is -3.86. The Morgan fingerprint density at radius 2 is 1.84 bits per heavy atom. The zero-order valence-corrected chi connectivity index (χ0v) is 25.3. The zero-order valence-electron chi connectivity index (χ0n) is 24.4. The summed E-state index contributed by atoms with van der Waals surface area (Å²) >= 11 is 0. The third-order valence-electron chi connectivity index (χ3n) is 9.60. The maximum Gasteiger partial charge on any atom is 0.262 e. The van der Waals surface area contributed by atoms with Gasteiger partial charge < -0.3 is 4.74 Å². The average Bonchev–Trinajstić information content (AvgIpc) is 3.79. The van der Waals surface area contributed by atoms with E-state index < -0.39 is 21.0 Å². The molecule has 10 heteroatoms. The fourth-order valence-electron chi connectivity index (χ4n) is 7.48. The van der Waals surface area contributed by atoms with E-state index >= 15 is 0 Å². The van der Waals surface area contributed by atoms with Gasteiger partial charge in [-0.1, -0.05) is 30.3 Å². The molecule has 0 N–H and O–H groups in total. The van der Waals surface area contributed by atoms with Crippen LogP contribution in [-0.4, -0.2) is 52.5 Å². The lowest BCUT2D eigenvalue weighted by Crippen LogP contribution is -2.38. The van der Waals surface area contributed by atoms with Crippen molar-refractivity contribution in [3.8, 4) is 5.69 Å². The molecule has 7 rings (SSSR count). The number of hydrogen-bond donors (Lipinski definition) is 0. The van der Waals surface area contributed by atoms with Gasteiger partial charge in [0.25, 0.3) is 10.0 Å². The van der Waals surface area contributed by atoms with Gasteiger partial charge in [0.2, 0.25) is 0 Å². The van der Waals surface area contributed by atoms with Crippen molar-refractivity contribution in [1.82, 2.24) is 23.9 Å². The number of aromatic nitrogens is 4. The maximum atomic E-state index is 13.9. The quantitative estimate of drug-likeness (QED) is 0.244. The summed E-state index contributed by atoms with van der Waals surface area (Å²) in [4.78, 5) is 0. The van der Waals surface area contributed by atoms with Gasteiger partial charge >= 0.3 is 0 Å². The van der Waals surface area contributed by atoms with Gasteiger partial charge in [0.05, 0.1) is 23.0 Å². The standard InChI is InChI=1S/C33H34FN5O3S/c1-4-37-15-14-31(36-37)43(40,41)38-20-26-18-33(42-3,25-8-6-5-7-9-25)21-32(26,22-38)29-17-24-19-35-39(30(24)16-23(29)2)28-12-10-27(34)11-13-28/h5-17,19,26H,4,18,20-22H2,1-3H3. The fraction of sp³-hybridized carbons (Fsp3) is 0.333. The first kappa shape index (κ1) is 27.9. The largest absolute Gasteiger partial charge is 0.373 e. The predicted molar refractivity (Wildman–Crippen MR) is 162 cm³/mol. The highest BCUT2D eigenvalue weighted by atomic mass is 32.2. The summed E-state index contributed by atoms with van der Waals surface area (Å²) in [5.41, 5.74) is 3.89. The lowest BCUT2D eigenvalue weighted by Gasteiger charge is -2.35. The van der Waals surface area contributed by atoms with Gasteiger partial charge in [0.1, 0.15) is 5.82 Å². The minimum Gasteiger partial charge on any atom is -0.373 e. The lowest BCUT2D eigenvalue weighted by atomic mass is 9.72. The highest BCUT2D eigenvalue weighted by molar-refractivity contribution is 7.89. The van der Waals surface area contributed by atoms with E-state index in [1.54, 1.807) is 40.5 Å². The molecule has 1 aliphatic carbocycles. The van der Waals surface area contributed by atoms with E-state index in [9.17, 15) is 12.8 Å². The number of halogens is 1. The van der Waals surface area contributed by atoms with Crippen molar-refractivity contribution < 1.29 is 17.5 Å². The Morgan fingerprint density at radius 3 is 2.53 bits per heavy atom. The van der Waals surface area contributed by atoms with Crippen LogP contribution >= 0.6 is 0 Å². The molecule has 0 bridgehead atoms. The zero-order chi connectivity index (χ0) is 30.0. The molecule has 43 heavy (non-hydrogen) atoms. The third kappa shape index (κ3) is 4.34. The van der Waals surface area contributed by atoms with Crippen molar-refractivity contribution >= 4 is 20.9 Å². The van der Waals surface area contributed by atoms with E-state index in [4.69, 9.17) is 4.74 Å². The molecule has 3 aromatic carbocycles. The Balaban J connectivity index is 1.35. The van der Waals surface area contributed by atoms with Crippen LogP contribution in [0.3, 0.4) is 0 Å². The molecule has 2 aliphatic rings. The van der Waals surface area contributed by atoms with E-state index in [1.165, 1.54) is 12.1 Å². The van der Waals surface area contributed by atoms with E-state index in [1.807, 2.05) is 36.0 Å². The van der Waals surface area contributed by atoms with Crippen LogP contribution in [0.5, 0.6) is 0 Å². The van der Waals surface area contributed by atoms with Crippen LogP contribution in [0.1, 0.15) is 36.5 Å². The highest BCUT2D eigenvalue weighted by Gasteiger charge is 2.62. The van der Waals surface area contributed by atoms with Crippen molar-refractivity contribution in [2.45, 2.75) is 49.3 Å². The van der Waals surface area contributed by atoms with Gasteiger partial charge in [-0.25, -0.2) is 17.5 Å². The van der Waals surface area contributed by atoms with Crippen LogP contribution < -0.4 is 0 Å². The molecule has 0 spiro atoms. The molecule has 1 aliphatic heterocycles. The molecule has 3 atom stereocenters. The number of fused-ring (bicyclic) bond motifs is 2. The van der Waals surface area contributed by atoms with Crippen LogP contribution in [0.2, 0.25) is 0 Å². The molecule has 222 valence electrons. The van der Waals surface area contributed by atoms with E-state index in [-0.39, 0.29) is 16.8 Å². The number of aryl methyl sites for hydroxylation is 2. The second-order valence-electron chi connectivity index (χ2n) is 11.9. The summed E-state index contributed by atoms with van der Waals surface area (Å²) in [5.74, 6) is -0.286. The van der Waals surface area contributed by atoms with Crippen molar-refractivity contribution in [1.29, 1.82) is 0 Å². The number of benzene rings is 3. The Labute approximate surface area is 250 Å². The summed E-state index contributed by atoms with van der Waals surface area (Å²) in [6, 6.07) is 22.4. The van der Waals surface area contributed by atoms with E-state index in [0.29, 0.717) is 32.5 Å². The lowest BCUT2D eigenvalue weighted by molar-refractivity contribution is -0.0183. The van der Waals surface area contributed by atoms with Crippen LogP contribution in [-0.2, 0) is 32.3 Å². The summed E-state index contributed by atoms with van der Waals surface area (Å²) < 4.78 is 52.9. The topological polar surface area (TPSA) is 82.3 Å². The number of methoxy groups -OCH3 is 1. The minimum atomic E-state index is -3.80. The number of rotatable bonds is 7. The van der Waals surface area contributed by atoms with Gasteiger partial charge in [0, 0.05) is 43.7 Å². The third-order valence-corrected chi connectivity index (χ3v) is 11.3. The molecule has 1 saturated heterocycles. The molecule has 0 radical (unpaired) electrons. The fourth-order valence-corrected chi connectivity index (χ4v) is 8.96. The smallest absolute Gasteiger partial charge is 0.262 e. The van der Waals surface area contributed by atoms with Gasteiger partial charge in [-0.05, 0) is 91.8 Å². The Morgan fingerprint density at radius 1 is 1.07 bits per heavy atom. The molecule has 5 aromatic rings. The first-order valence-corrected chi connectivity index (χ1v) is 16.0. The van der Waals surface area contributed by atoms with Crippen molar-refractivity contribution in [3.63, 3.8) is 0 Å². The molecule has 1 saturated carbocycles. The normalized spacial score (nSPS) is 24.1. The second kappa shape index (κ2) is 10.1. The summed E-state index contributed by atoms with van der Waals surface area (Å²) in [5, 5.41) is 10.0. The van der Waals surface area contributed by atoms with Crippen LogP contribution in [0, 0.1) is 18.7 Å². The molecular formula is C33H34FN5O3S. The molecule has 2 fully saturated rings. The number of sulfonamides is 1. The SMILES string of the molecule is CCn1ccc(S(=O)(=O)N2CC3CC(OC)(c4ccccc4)CC3(c3cc4cnn(-c5ccc(F)cc5)c4cc3C)C2)n1.